The summed E-state index contributed by atoms with van der Waals surface area (Å²) in [5.74, 6) is -1.48. The molecule has 0 aliphatic carbocycles. The van der Waals surface area contributed by atoms with Crippen molar-refractivity contribution in [1.29, 1.82) is 0 Å². The summed E-state index contributed by atoms with van der Waals surface area (Å²) < 4.78 is 39.5. The van der Waals surface area contributed by atoms with Crippen LogP contribution in [0.4, 0.5) is 0 Å². The van der Waals surface area contributed by atoms with Crippen LogP contribution in [0.2, 0.25) is 0 Å². The molecular formula is C60H109O11P. The summed E-state index contributed by atoms with van der Waals surface area (Å²) in [5, 5.41) is 9.80. The predicted molar refractivity (Wildman–Crippen MR) is 298 cm³/mol. The van der Waals surface area contributed by atoms with Gasteiger partial charge in [-0.3, -0.25) is 23.4 Å². The number of allylic oxidation sites excluding steroid dienone is 8. The molecule has 0 rings (SSSR count). The van der Waals surface area contributed by atoms with Gasteiger partial charge in [-0.1, -0.05) is 230 Å². The Morgan fingerprint density at radius 2 is 0.722 bits per heavy atom. The van der Waals surface area contributed by atoms with Crippen molar-refractivity contribution in [3.8, 4) is 0 Å². The monoisotopic (exact) mass is 1040 g/mol. The van der Waals surface area contributed by atoms with Gasteiger partial charge in [0, 0.05) is 19.3 Å². The highest BCUT2D eigenvalue weighted by atomic mass is 31.2. The lowest BCUT2D eigenvalue weighted by molar-refractivity contribution is -0.161. The van der Waals surface area contributed by atoms with Crippen molar-refractivity contribution in [1.82, 2.24) is 0 Å². The second kappa shape index (κ2) is 54.7. The highest BCUT2D eigenvalue weighted by molar-refractivity contribution is 7.47. The lowest BCUT2D eigenvalue weighted by atomic mass is 10.0. The highest BCUT2D eigenvalue weighted by Crippen LogP contribution is 2.43. The second-order valence-corrected chi connectivity index (χ2v) is 21.2. The molecule has 420 valence electrons. The van der Waals surface area contributed by atoms with Gasteiger partial charge in [0.15, 0.2) is 6.10 Å². The van der Waals surface area contributed by atoms with Crippen LogP contribution in [0.1, 0.15) is 278 Å². The second-order valence-electron chi connectivity index (χ2n) is 19.8. The van der Waals surface area contributed by atoms with Crippen molar-refractivity contribution >= 4 is 25.7 Å². The van der Waals surface area contributed by atoms with Gasteiger partial charge in [0.25, 0.3) is 0 Å². The van der Waals surface area contributed by atoms with Gasteiger partial charge in [0.1, 0.15) is 12.7 Å². The lowest BCUT2D eigenvalue weighted by Crippen LogP contribution is -2.30. The van der Waals surface area contributed by atoms with E-state index in [0.717, 1.165) is 83.5 Å². The first-order valence-electron chi connectivity index (χ1n) is 29.5. The number of hydrogen-bond donors (Lipinski definition) is 2. The molecule has 0 saturated heterocycles. The van der Waals surface area contributed by atoms with E-state index in [2.05, 4.69) is 69.4 Å². The molecule has 72 heavy (non-hydrogen) atoms. The van der Waals surface area contributed by atoms with Crippen LogP contribution in [0, 0.1) is 0 Å². The van der Waals surface area contributed by atoms with Crippen molar-refractivity contribution in [2.75, 3.05) is 26.4 Å². The first-order chi connectivity index (χ1) is 35.2. The minimum atomic E-state index is -4.75. The number of unbranched alkanes of at least 4 members (excludes halogenated alkanes) is 30. The van der Waals surface area contributed by atoms with Crippen molar-refractivity contribution in [3.05, 3.63) is 48.6 Å². The molecule has 0 heterocycles. The van der Waals surface area contributed by atoms with Crippen LogP contribution in [-0.2, 0) is 42.2 Å². The zero-order valence-corrected chi connectivity index (χ0v) is 47.3. The summed E-state index contributed by atoms with van der Waals surface area (Å²) in [6.07, 6.45) is 57.8. The Labute approximate surface area is 441 Å². The molecule has 0 fully saturated rings. The van der Waals surface area contributed by atoms with Crippen LogP contribution in [-0.4, -0.2) is 66.5 Å². The molecule has 0 spiro atoms. The molecule has 3 atom stereocenters. The Morgan fingerprint density at radius 3 is 1.14 bits per heavy atom. The third-order valence-corrected chi connectivity index (χ3v) is 13.7. The molecule has 0 aliphatic rings. The van der Waals surface area contributed by atoms with Gasteiger partial charge < -0.3 is 24.2 Å². The zero-order valence-electron chi connectivity index (χ0n) is 46.4. The summed E-state index contributed by atoms with van der Waals surface area (Å²) in [4.78, 5) is 48.5. The van der Waals surface area contributed by atoms with E-state index in [4.69, 9.17) is 23.3 Å². The SMILES string of the molecule is CC/C=C\C/C=C\C/C=C\CCCCCC(=O)OC(CO)COP(=O)(O)OCC(COC(=O)CCCCCCCCC/C=C\CCCCCCCC)OC(=O)CCCCCCCCCCCCCCCCC. The van der Waals surface area contributed by atoms with E-state index in [1.807, 2.05) is 0 Å². The molecule has 0 aliphatic heterocycles. The number of carbonyl (C=O) groups excluding carboxylic acids is 3. The molecular weight excluding hydrogens is 928 g/mol. The zero-order chi connectivity index (χ0) is 52.7. The van der Waals surface area contributed by atoms with Crippen LogP contribution in [0.15, 0.2) is 48.6 Å². The van der Waals surface area contributed by atoms with Gasteiger partial charge in [0.2, 0.25) is 0 Å². The maximum atomic E-state index is 12.9. The van der Waals surface area contributed by atoms with E-state index < -0.39 is 57.8 Å². The Balaban J connectivity index is 4.72. The standard InChI is InChI=1S/C60H109O11P/c1-4-7-10-13-16-19-22-25-27-28-30-32-34-37-40-43-46-49-58(62)67-53-57(71-60(64)51-48-45-42-39-36-33-29-26-23-20-17-14-11-8-5-2)55-69-72(65,66)68-54-56(52-61)70-59(63)50-47-44-41-38-35-31-24-21-18-15-12-9-6-3/h9,12,18,21,25,27,31,35,56-57,61H,4-8,10-11,13-17,19-20,22-24,26,28-30,32-34,36-55H2,1-3H3,(H,65,66)/b12-9-,21-18-,27-25-,35-31-. The summed E-state index contributed by atoms with van der Waals surface area (Å²) >= 11 is 0. The van der Waals surface area contributed by atoms with Crippen molar-refractivity contribution in [3.63, 3.8) is 0 Å². The van der Waals surface area contributed by atoms with E-state index in [1.54, 1.807) is 0 Å². The highest BCUT2D eigenvalue weighted by Gasteiger charge is 2.28. The molecule has 0 aromatic rings. The molecule has 3 unspecified atom stereocenters. The minimum absolute atomic E-state index is 0.143. The number of hydrogen-bond acceptors (Lipinski definition) is 10. The third-order valence-electron chi connectivity index (χ3n) is 12.7. The number of ether oxygens (including phenoxy) is 3. The third kappa shape index (κ3) is 52.3. The molecule has 0 amide bonds. The van der Waals surface area contributed by atoms with Crippen molar-refractivity contribution in [2.45, 2.75) is 290 Å². The molecule has 0 bridgehead atoms. The predicted octanol–water partition coefficient (Wildman–Crippen LogP) is 17.4. The van der Waals surface area contributed by atoms with Crippen molar-refractivity contribution < 1.29 is 52.2 Å². The number of phosphoric acid groups is 1. The minimum Gasteiger partial charge on any atom is -0.462 e. The maximum absolute atomic E-state index is 12.9. The Bertz CT molecular complexity index is 1400. The topological polar surface area (TPSA) is 155 Å². The van der Waals surface area contributed by atoms with Crippen LogP contribution in [0.25, 0.3) is 0 Å². The fraction of sp³-hybridized carbons (Fsp3) is 0.817. The number of rotatable bonds is 55. The average Bonchev–Trinajstić information content (AvgIpc) is 3.37. The van der Waals surface area contributed by atoms with Gasteiger partial charge in [-0.05, 0) is 77.0 Å². The molecule has 12 heteroatoms. The van der Waals surface area contributed by atoms with E-state index in [1.165, 1.54) is 135 Å². The summed E-state index contributed by atoms with van der Waals surface area (Å²) in [6.45, 7) is 4.52. The lowest BCUT2D eigenvalue weighted by Gasteiger charge is -2.21. The normalized spacial score (nSPS) is 13.7. The van der Waals surface area contributed by atoms with Gasteiger partial charge >= 0.3 is 25.7 Å². The van der Waals surface area contributed by atoms with Crippen LogP contribution in [0.5, 0.6) is 0 Å². The van der Waals surface area contributed by atoms with Crippen LogP contribution < -0.4 is 0 Å². The first-order valence-corrected chi connectivity index (χ1v) is 31.0. The average molecular weight is 1040 g/mol. The molecule has 0 saturated carbocycles. The molecule has 0 radical (unpaired) electrons. The molecule has 2 N–H and O–H groups in total. The summed E-state index contributed by atoms with van der Waals surface area (Å²) in [6, 6.07) is 0. The largest absolute Gasteiger partial charge is 0.472 e. The number of carbonyl (C=O) groups is 3. The van der Waals surface area contributed by atoms with Gasteiger partial charge in [0.05, 0.1) is 19.8 Å². The van der Waals surface area contributed by atoms with Crippen LogP contribution in [0.3, 0.4) is 0 Å². The maximum Gasteiger partial charge on any atom is 0.472 e. The smallest absolute Gasteiger partial charge is 0.462 e. The van der Waals surface area contributed by atoms with Crippen molar-refractivity contribution in [2.24, 2.45) is 0 Å². The molecule has 0 aromatic heterocycles. The Kier molecular flexibility index (Phi) is 52.7. The molecule has 11 nitrogen and oxygen atoms in total. The number of esters is 3. The van der Waals surface area contributed by atoms with Gasteiger partial charge in [-0.2, -0.15) is 0 Å². The number of phosphoric ester groups is 1. The fourth-order valence-electron chi connectivity index (χ4n) is 8.25. The molecule has 0 aromatic carbocycles. The van der Waals surface area contributed by atoms with E-state index in [0.29, 0.717) is 19.3 Å². The Hall–Kier alpha value is -2.56. The quantitative estimate of drug-likeness (QED) is 0.0197. The van der Waals surface area contributed by atoms with Gasteiger partial charge in [-0.25, -0.2) is 4.57 Å². The first kappa shape index (κ1) is 69.4. The van der Waals surface area contributed by atoms with E-state index in [9.17, 15) is 28.9 Å². The van der Waals surface area contributed by atoms with Crippen LogP contribution >= 0.6 is 7.82 Å². The van der Waals surface area contributed by atoms with E-state index >= 15 is 0 Å². The van der Waals surface area contributed by atoms with E-state index in [-0.39, 0.29) is 25.9 Å². The Morgan fingerprint density at radius 1 is 0.403 bits per heavy atom. The van der Waals surface area contributed by atoms with Gasteiger partial charge in [-0.15, -0.1) is 0 Å². The summed E-state index contributed by atoms with van der Waals surface area (Å²) in [7, 11) is -4.75. The fourth-order valence-corrected chi connectivity index (χ4v) is 9.03. The number of aliphatic hydroxyl groups excluding tert-OH is 1. The summed E-state index contributed by atoms with van der Waals surface area (Å²) in [5.41, 5.74) is 0. The number of aliphatic hydroxyl groups is 1.